The van der Waals surface area contributed by atoms with Crippen molar-refractivity contribution in [3.8, 4) is 0 Å². The zero-order valence-electron chi connectivity index (χ0n) is 17.6. The first-order valence-corrected chi connectivity index (χ1v) is 8.87. The third-order valence-corrected chi connectivity index (χ3v) is 4.63. The molecule has 0 aliphatic heterocycles. The molecule has 0 unspecified atom stereocenters. The van der Waals surface area contributed by atoms with Crippen LogP contribution in [0.5, 0.6) is 0 Å². The molecule has 0 saturated carbocycles. The molecule has 1 N–H and O–H groups in total. The number of nitrogens with one attached hydrogen (secondary N) is 1. The molecule has 1 nitrogen and oxygen atoms in total. The van der Waals surface area contributed by atoms with Crippen molar-refractivity contribution >= 4 is 36.1 Å². The summed E-state index contributed by atoms with van der Waals surface area (Å²) >= 11 is 0. The van der Waals surface area contributed by atoms with Gasteiger partial charge in [-0.25, -0.2) is 0 Å². The summed E-state index contributed by atoms with van der Waals surface area (Å²) in [7, 11) is 0. The minimum absolute atomic E-state index is 0. The van der Waals surface area contributed by atoms with Crippen LogP contribution in [0.2, 0.25) is 0 Å². The van der Waals surface area contributed by atoms with Gasteiger partial charge in [-0.05, 0) is 34.1 Å². The molecule has 0 aromatic heterocycles. The van der Waals surface area contributed by atoms with Crippen molar-refractivity contribution < 1.29 is 21.7 Å². The van der Waals surface area contributed by atoms with Crippen LogP contribution in [0.4, 0.5) is 5.69 Å². The number of rotatable bonds is 2. The van der Waals surface area contributed by atoms with E-state index in [9.17, 15) is 0 Å². The Bertz CT molecular complexity index is 800. The van der Waals surface area contributed by atoms with Gasteiger partial charge in [0.25, 0.3) is 0 Å². The largest absolute Gasteiger partial charge is 2.00 e. The zero-order valence-corrected chi connectivity index (χ0v) is 20.8. The van der Waals surface area contributed by atoms with Crippen LogP contribution in [-0.4, -0.2) is 0 Å². The SMILES string of the molecule is CC1=C(c2ccccc2[C-](C)C)CC=C1.Cc1cc(C)c([NH-])c(C)c1.Cl.Cl.[Ti+2]. The predicted molar refractivity (Wildman–Crippen MR) is 126 cm³/mol. The standard InChI is InChI=1S/C15H17.C9H12N.2ClH.Ti/c1-11(2)13-8-4-5-9-15(13)14-10-6-7-12(14)3;1-6-4-7(2)9(10)8(3)5-6;;;/h4-9H,10H2,1-3H3;4-5,10H,1-3H3;2*1H;/q2*-1;;;+2. The summed E-state index contributed by atoms with van der Waals surface area (Å²) in [6.07, 6.45) is 5.54. The van der Waals surface area contributed by atoms with Crippen molar-refractivity contribution in [1.82, 2.24) is 0 Å². The second-order valence-electron chi connectivity index (χ2n) is 7.09. The Morgan fingerprint density at radius 2 is 1.43 bits per heavy atom. The van der Waals surface area contributed by atoms with Gasteiger partial charge < -0.3 is 5.73 Å². The van der Waals surface area contributed by atoms with Gasteiger partial charge in [0.05, 0.1) is 0 Å². The van der Waals surface area contributed by atoms with E-state index in [1.54, 1.807) is 0 Å². The molecule has 0 atom stereocenters. The van der Waals surface area contributed by atoms with Crippen molar-refractivity contribution in [3.05, 3.63) is 93.6 Å². The van der Waals surface area contributed by atoms with Crippen molar-refractivity contribution in [3.63, 3.8) is 0 Å². The van der Waals surface area contributed by atoms with E-state index in [0.717, 1.165) is 17.5 Å². The zero-order chi connectivity index (χ0) is 18.6. The maximum absolute atomic E-state index is 7.54. The Morgan fingerprint density at radius 3 is 1.89 bits per heavy atom. The summed E-state index contributed by atoms with van der Waals surface area (Å²) in [5.41, 5.74) is 17.3. The molecule has 0 bridgehead atoms. The third-order valence-electron chi connectivity index (χ3n) is 4.63. The first-order valence-electron chi connectivity index (χ1n) is 8.87. The summed E-state index contributed by atoms with van der Waals surface area (Å²) in [6.45, 7) is 12.6. The fourth-order valence-corrected chi connectivity index (χ4v) is 3.30. The molecule has 3 rings (SSSR count). The van der Waals surface area contributed by atoms with E-state index in [2.05, 4.69) is 64.1 Å². The fraction of sp³-hybridized carbons (Fsp3) is 0.292. The second-order valence-corrected chi connectivity index (χ2v) is 7.09. The molecule has 0 radical (unpaired) electrons. The Kier molecular flexibility index (Phi) is 13.7. The van der Waals surface area contributed by atoms with Crippen molar-refractivity contribution in [2.45, 2.75) is 48.0 Å². The Balaban J connectivity index is 0. The van der Waals surface area contributed by atoms with Crippen LogP contribution in [0, 0.1) is 26.7 Å². The minimum atomic E-state index is 0. The molecule has 2 aromatic rings. The van der Waals surface area contributed by atoms with Gasteiger partial charge in [0.1, 0.15) is 0 Å². The molecule has 2 aromatic carbocycles. The van der Waals surface area contributed by atoms with Gasteiger partial charge in [-0.15, -0.1) is 48.2 Å². The molecule has 0 heterocycles. The molecule has 150 valence electrons. The maximum Gasteiger partial charge on any atom is 2.00 e. The first-order chi connectivity index (χ1) is 11.8. The van der Waals surface area contributed by atoms with E-state index < -0.39 is 0 Å². The summed E-state index contributed by atoms with van der Waals surface area (Å²) in [5, 5.41) is 0. The molecule has 1 aliphatic carbocycles. The van der Waals surface area contributed by atoms with Gasteiger partial charge in [-0.1, -0.05) is 72.0 Å². The molecule has 4 heteroatoms. The average molecular weight is 452 g/mol. The Hall–Kier alpha value is -1.12. The minimum Gasteiger partial charge on any atom is -0.698 e. The molecule has 0 spiro atoms. The van der Waals surface area contributed by atoms with Crippen LogP contribution in [0.25, 0.3) is 11.3 Å². The number of aryl methyl sites for hydroxylation is 3. The predicted octanol–water partition coefficient (Wildman–Crippen LogP) is 8.52. The van der Waals surface area contributed by atoms with Crippen LogP contribution < -0.4 is 0 Å². The smallest absolute Gasteiger partial charge is 0.698 e. The molecule has 0 amide bonds. The number of hydrogen-bond donors (Lipinski definition) is 0. The molecular weight excluding hydrogens is 421 g/mol. The fourth-order valence-electron chi connectivity index (χ4n) is 3.30. The van der Waals surface area contributed by atoms with Crippen LogP contribution in [0.1, 0.15) is 55.0 Å². The number of hydrogen-bond acceptors (Lipinski definition) is 0. The van der Waals surface area contributed by atoms with E-state index in [-0.39, 0.29) is 46.5 Å². The van der Waals surface area contributed by atoms with Gasteiger partial charge in [-0.3, -0.25) is 0 Å². The normalized spacial score (nSPS) is 11.5. The van der Waals surface area contributed by atoms with Crippen LogP contribution in [0.3, 0.4) is 0 Å². The van der Waals surface area contributed by atoms with E-state index in [1.807, 2.05) is 26.0 Å². The molecule has 1 aliphatic rings. The molecule has 28 heavy (non-hydrogen) atoms. The summed E-state index contributed by atoms with van der Waals surface area (Å²) in [4.78, 5) is 0. The number of halogens is 2. The Morgan fingerprint density at radius 1 is 0.893 bits per heavy atom. The van der Waals surface area contributed by atoms with E-state index in [1.165, 1.54) is 33.8 Å². The summed E-state index contributed by atoms with van der Waals surface area (Å²) in [5.74, 6) is 1.39. The number of allylic oxidation sites excluding steroid dienone is 4. The summed E-state index contributed by atoms with van der Waals surface area (Å²) in [6, 6.07) is 12.8. The number of benzene rings is 2. The maximum atomic E-state index is 7.54. The van der Waals surface area contributed by atoms with Gasteiger partial charge in [0.2, 0.25) is 0 Å². The van der Waals surface area contributed by atoms with Gasteiger partial charge in [-0.2, -0.15) is 17.5 Å². The third kappa shape index (κ3) is 7.37. The second kappa shape index (κ2) is 13.2. The molecule has 0 fully saturated rings. The molecular formula is C24H31Cl2NTi. The van der Waals surface area contributed by atoms with Gasteiger partial charge in [0.15, 0.2) is 0 Å². The van der Waals surface area contributed by atoms with Crippen LogP contribution in [0.15, 0.2) is 54.1 Å². The average Bonchev–Trinajstić information content (AvgIpc) is 2.99. The summed E-state index contributed by atoms with van der Waals surface area (Å²) < 4.78 is 0. The Labute approximate surface area is 198 Å². The van der Waals surface area contributed by atoms with Crippen LogP contribution >= 0.6 is 24.8 Å². The van der Waals surface area contributed by atoms with Gasteiger partial charge in [0, 0.05) is 0 Å². The van der Waals surface area contributed by atoms with Crippen molar-refractivity contribution in [2.75, 3.05) is 0 Å². The quantitative estimate of drug-likeness (QED) is 0.322. The first kappa shape index (κ1) is 29.1. The van der Waals surface area contributed by atoms with E-state index in [0.29, 0.717) is 5.69 Å². The van der Waals surface area contributed by atoms with Crippen molar-refractivity contribution in [1.29, 1.82) is 0 Å². The van der Waals surface area contributed by atoms with E-state index in [4.69, 9.17) is 5.73 Å². The van der Waals surface area contributed by atoms with Crippen LogP contribution in [-0.2, 0) is 21.7 Å². The van der Waals surface area contributed by atoms with Crippen molar-refractivity contribution in [2.24, 2.45) is 0 Å². The topological polar surface area (TPSA) is 23.8 Å². The monoisotopic (exact) mass is 451 g/mol. The molecule has 0 saturated heterocycles. The van der Waals surface area contributed by atoms with E-state index >= 15 is 0 Å². The van der Waals surface area contributed by atoms with Gasteiger partial charge >= 0.3 is 21.7 Å².